The van der Waals surface area contributed by atoms with Crippen LogP contribution in [0, 0.1) is 52.3 Å². The second-order valence-corrected chi connectivity index (χ2v) is 13.1. The summed E-state index contributed by atoms with van der Waals surface area (Å²) in [5.41, 5.74) is 1.49. The van der Waals surface area contributed by atoms with Crippen LogP contribution in [0.15, 0.2) is 11.6 Å². The predicted molar refractivity (Wildman–Crippen MR) is 131 cm³/mol. The number of fused-ring (bicyclic) bond motifs is 5. The molecule has 4 rings (SSSR count). The van der Waals surface area contributed by atoms with Gasteiger partial charge in [0.1, 0.15) is 0 Å². The molecular formula is C29H50O3. The molecule has 3 fully saturated rings. The maximum absolute atomic E-state index is 11.4. The van der Waals surface area contributed by atoms with Crippen molar-refractivity contribution >= 4 is 0 Å². The summed E-state index contributed by atoms with van der Waals surface area (Å²) >= 11 is 0. The van der Waals surface area contributed by atoms with E-state index < -0.39 is 6.10 Å². The Morgan fingerprint density at radius 1 is 1.03 bits per heavy atom. The minimum Gasteiger partial charge on any atom is -0.393 e. The largest absolute Gasteiger partial charge is 0.393 e. The molecule has 3 saturated carbocycles. The summed E-state index contributed by atoms with van der Waals surface area (Å²) in [6.45, 7) is 14.3. The Kier molecular flexibility index (Phi) is 6.96. The molecule has 184 valence electrons. The highest BCUT2D eigenvalue weighted by Gasteiger charge is 2.63. The van der Waals surface area contributed by atoms with Gasteiger partial charge < -0.3 is 15.3 Å². The maximum atomic E-state index is 11.4. The van der Waals surface area contributed by atoms with Crippen molar-refractivity contribution in [3.8, 4) is 0 Å². The van der Waals surface area contributed by atoms with Gasteiger partial charge >= 0.3 is 0 Å². The fourth-order valence-electron chi connectivity index (χ4n) is 9.30. The van der Waals surface area contributed by atoms with Gasteiger partial charge in [0.15, 0.2) is 0 Å². The summed E-state index contributed by atoms with van der Waals surface area (Å²) in [7, 11) is 0. The van der Waals surface area contributed by atoms with Crippen LogP contribution in [0.3, 0.4) is 0 Å². The smallest absolute Gasteiger partial charge is 0.0758 e. The maximum Gasteiger partial charge on any atom is 0.0758 e. The summed E-state index contributed by atoms with van der Waals surface area (Å²) < 4.78 is 0. The summed E-state index contributed by atoms with van der Waals surface area (Å²) in [5, 5.41) is 33.0. The van der Waals surface area contributed by atoms with Crippen LogP contribution in [0.1, 0.15) is 99.3 Å². The molecule has 0 amide bonds. The van der Waals surface area contributed by atoms with Crippen LogP contribution >= 0.6 is 0 Å². The SMILES string of the molecule is CCC(CCC(C)C1CC(O)C2C3C(O)C=C4CC(O)CCC4(C)C3CCC12C)C(C)C. The van der Waals surface area contributed by atoms with Gasteiger partial charge in [-0.1, -0.05) is 66.0 Å². The summed E-state index contributed by atoms with van der Waals surface area (Å²) in [5.74, 6) is 3.49. The first kappa shape index (κ1) is 24.7. The first-order valence-corrected chi connectivity index (χ1v) is 13.8. The Hall–Kier alpha value is -0.380. The molecule has 3 heteroatoms. The van der Waals surface area contributed by atoms with E-state index in [4.69, 9.17) is 0 Å². The van der Waals surface area contributed by atoms with Crippen molar-refractivity contribution in [3.05, 3.63) is 11.6 Å². The average molecular weight is 447 g/mol. The molecule has 4 aliphatic carbocycles. The zero-order valence-corrected chi connectivity index (χ0v) is 21.6. The third-order valence-corrected chi connectivity index (χ3v) is 11.3. The van der Waals surface area contributed by atoms with Gasteiger partial charge in [0.25, 0.3) is 0 Å². The molecule has 11 unspecified atom stereocenters. The molecule has 0 heterocycles. The second-order valence-electron chi connectivity index (χ2n) is 13.1. The Balaban J connectivity index is 1.56. The van der Waals surface area contributed by atoms with Gasteiger partial charge in [0.2, 0.25) is 0 Å². The van der Waals surface area contributed by atoms with Crippen molar-refractivity contribution in [1.29, 1.82) is 0 Å². The Morgan fingerprint density at radius 3 is 2.41 bits per heavy atom. The van der Waals surface area contributed by atoms with E-state index >= 15 is 0 Å². The quantitative estimate of drug-likeness (QED) is 0.441. The van der Waals surface area contributed by atoms with Crippen molar-refractivity contribution in [3.63, 3.8) is 0 Å². The van der Waals surface area contributed by atoms with Crippen LogP contribution in [-0.4, -0.2) is 33.6 Å². The van der Waals surface area contributed by atoms with Gasteiger partial charge in [-0.3, -0.25) is 0 Å². The average Bonchev–Trinajstić information content (AvgIpc) is 3.00. The van der Waals surface area contributed by atoms with Gasteiger partial charge in [-0.2, -0.15) is 0 Å². The Morgan fingerprint density at radius 2 is 1.75 bits per heavy atom. The standard InChI is InChI=1S/C29H50O3/c1-7-19(17(2)3)9-8-18(4)23-16-25(32)27-26-22(11-13-29(23,27)6)28(5)12-10-21(30)14-20(28)15-24(26)31/h15,17-19,21-27,30-32H,7-14,16H2,1-6H3. The van der Waals surface area contributed by atoms with Gasteiger partial charge in [-0.05, 0) is 97.2 Å². The third kappa shape index (κ3) is 3.93. The van der Waals surface area contributed by atoms with E-state index in [0.29, 0.717) is 17.8 Å². The van der Waals surface area contributed by atoms with Gasteiger partial charge in [-0.25, -0.2) is 0 Å². The molecule has 3 nitrogen and oxygen atoms in total. The van der Waals surface area contributed by atoms with E-state index in [1.807, 2.05) is 0 Å². The summed E-state index contributed by atoms with van der Waals surface area (Å²) in [4.78, 5) is 0. The van der Waals surface area contributed by atoms with Crippen LogP contribution in [0.2, 0.25) is 0 Å². The molecule has 0 bridgehead atoms. The molecule has 0 aromatic heterocycles. The molecule has 0 aromatic rings. The van der Waals surface area contributed by atoms with Gasteiger partial charge in [0.05, 0.1) is 18.3 Å². The zero-order valence-electron chi connectivity index (χ0n) is 21.6. The lowest BCUT2D eigenvalue weighted by Crippen LogP contribution is -2.56. The van der Waals surface area contributed by atoms with E-state index in [0.717, 1.165) is 43.9 Å². The van der Waals surface area contributed by atoms with E-state index in [2.05, 4.69) is 47.6 Å². The number of rotatable bonds is 6. The number of aliphatic hydroxyl groups is 3. The molecule has 4 aliphatic rings. The predicted octanol–water partition coefficient (Wildman–Crippen LogP) is 5.97. The van der Waals surface area contributed by atoms with Crippen molar-refractivity contribution in [1.82, 2.24) is 0 Å². The molecule has 3 N–H and O–H groups in total. The van der Waals surface area contributed by atoms with E-state index in [1.165, 1.54) is 31.3 Å². The molecule has 0 radical (unpaired) electrons. The lowest BCUT2D eigenvalue weighted by Gasteiger charge is -2.59. The number of hydrogen-bond acceptors (Lipinski definition) is 3. The minimum atomic E-state index is -0.480. The fraction of sp³-hybridized carbons (Fsp3) is 0.931. The van der Waals surface area contributed by atoms with Crippen LogP contribution in [-0.2, 0) is 0 Å². The Bertz CT molecular complexity index is 701. The fourth-order valence-corrected chi connectivity index (χ4v) is 9.30. The highest BCUT2D eigenvalue weighted by Crippen LogP contribution is 2.67. The van der Waals surface area contributed by atoms with Crippen LogP contribution in [0.25, 0.3) is 0 Å². The molecule has 0 aromatic carbocycles. The molecule has 0 saturated heterocycles. The zero-order chi connectivity index (χ0) is 23.4. The molecule has 32 heavy (non-hydrogen) atoms. The summed E-state index contributed by atoms with van der Waals surface area (Å²) in [6, 6.07) is 0. The first-order chi connectivity index (χ1) is 15.0. The van der Waals surface area contributed by atoms with Crippen molar-refractivity contribution in [2.75, 3.05) is 0 Å². The summed E-state index contributed by atoms with van der Waals surface area (Å²) in [6.07, 6.45) is 10.7. The van der Waals surface area contributed by atoms with E-state index in [1.54, 1.807) is 0 Å². The third-order valence-electron chi connectivity index (χ3n) is 11.3. The van der Waals surface area contributed by atoms with Crippen LogP contribution in [0.5, 0.6) is 0 Å². The Labute approximate surface area is 197 Å². The molecule has 0 spiro atoms. The lowest BCUT2D eigenvalue weighted by molar-refractivity contribution is -0.118. The number of hydrogen-bond donors (Lipinski definition) is 3. The molecular weight excluding hydrogens is 396 g/mol. The van der Waals surface area contributed by atoms with Gasteiger partial charge in [-0.15, -0.1) is 0 Å². The van der Waals surface area contributed by atoms with Crippen molar-refractivity contribution < 1.29 is 15.3 Å². The van der Waals surface area contributed by atoms with Crippen LogP contribution in [0.4, 0.5) is 0 Å². The lowest BCUT2D eigenvalue weighted by atomic mass is 9.46. The van der Waals surface area contributed by atoms with E-state index in [9.17, 15) is 15.3 Å². The monoisotopic (exact) mass is 446 g/mol. The highest BCUT2D eigenvalue weighted by atomic mass is 16.3. The van der Waals surface area contributed by atoms with E-state index in [-0.39, 0.29) is 34.9 Å². The topological polar surface area (TPSA) is 60.7 Å². The van der Waals surface area contributed by atoms with Gasteiger partial charge in [0, 0.05) is 0 Å². The second kappa shape index (κ2) is 9.00. The molecule has 11 atom stereocenters. The van der Waals surface area contributed by atoms with Crippen molar-refractivity contribution in [2.45, 2.75) is 118 Å². The normalized spacial score (nSPS) is 47.9. The van der Waals surface area contributed by atoms with Crippen molar-refractivity contribution in [2.24, 2.45) is 52.3 Å². The highest BCUT2D eigenvalue weighted by molar-refractivity contribution is 5.28. The first-order valence-electron chi connectivity index (χ1n) is 13.8. The van der Waals surface area contributed by atoms with Crippen LogP contribution < -0.4 is 0 Å². The molecule has 0 aliphatic heterocycles. The minimum absolute atomic E-state index is 0.0828. The number of aliphatic hydroxyl groups excluding tert-OH is 3.